The van der Waals surface area contributed by atoms with E-state index in [1.54, 1.807) is 20.8 Å². The van der Waals surface area contributed by atoms with Gasteiger partial charge in [0.1, 0.15) is 0 Å². The number of alkyl halides is 4. The molecule has 0 spiro atoms. The van der Waals surface area contributed by atoms with Crippen LogP contribution in [-0.4, -0.2) is 11.8 Å². The number of allylic oxidation sites excluding steroid dienone is 2. The molecule has 1 unspecified atom stereocenters. The second kappa shape index (κ2) is 3.31. The Kier molecular flexibility index (Phi) is 3.17. The van der Waals surface area contributed by atoms with Gasteiger partial charge in [0.2, 0.25) is 5.67 Å². The minimum Gasteiger partial charge on any atom is -0.230 e. The molecule has 0 nitrogen and oxygen atoms in total. The molecular formula is C9H14F4. The second-order valence-electron chi connectivity index (χ2n) is 4.27. The Bertz CT molecular complexity index is 193. The number of hydrogen-bond acceptors (Lipinski definition) is 0. The molecule has 4 heteroatoms. The standard InChI is InChI=1S/C9H14F4/c1-7(2,3)5-6-8(4,10)9(11,12)13/h5-6H,1-4H3/b6-5+. The zero-order chi connectivity index (χ0) is 10.9. The van der Waals surface area contributed by atoms with Crippen LogP contribution in [0.3, 0.4) is 0 Å². The monoisotopic (exact) mass is 198 g/mol. The number of hydrogen-bond donors (Lipinski definition) is 0. The summed E-state index contributed by atoms with van der Waals surface area (Å²) in [6.45, 7) is 5.62. The lowest BCUT2D eigenvalue weighted by Gasteiger charge is -2.21. The number of halogens is 4. The van der Waals surface area contributed by atoms with Crippen LogP contribution in [0.5, 0.6) is 0 Å². The minimum absolute atomic E-state index is 0.446. The maximum Gasteiger partial charge on any atom is 0.425 e. The topological polar surface area (TPSA) is 0 Å². The lowest BCUT2D eigenvalue weighted by molar-refractivity contribution is -0.205. The van der Waals surface area contributed by atoms with E-state index in [0.717, 1.165) is 0 Å². The highest BCUT2D eigenvalue weighted by Gasteiger charge is 2.50. The van der Waals surface area contributed by atoms with Crippen molar-refractivity contribution in [3.05, 3.63) is 12.2 Å². The van der Waals surface area contributed by atoms with Gasteiger partial charge >= 0.3 is 6.18 Å². The fourth-order valence-corrected chi connectivity index (χ4v) is 0.501. The Morgan fingerprint density at radius 1 is 0.769 bits per heavy atom. The summed E-state index contributed by atoms with van der Waals surface area (Å²) in [6, 6.07) is 0. The molecule has 0 bridgehead atoms. The molecule has 0 saturated carbocycles. The average Bonchev–Trinajstić information content (AvgIpc) is 1.79. The molecule has 0 aromatic heterocycles. The van der Waals surface area contributed by atoms with Gasteiger partial charge in [-0.05, 0) is 18.4 Å². The summed E-state index contributed by atoms with van der Waals surface area (Å²) >= 11 is 0. The maximum atomic E-state index is 12.9. The third-order valence-corrected chi connectivity index (χ3v) is 1.45. The zero-order valence-corrected chi connectivity index (χ0v) is 8.17. The Morgan fingerprint density at radius 2 is 1.15 bits per heavy atom. The molecule has 0 aliphatic carbocycles. The summed E-state index contributed by atoms with van der Waals surface area (Å²) < 4.78 is 48.9. The smallest absolute Gasteiger partial charge is 0.230 e. The van der Waals surface area contributed by atoms with Crippen molar-refractivity contribution in [2.24, 2.45) is 5.41 Å². The van der Waals surface area contributed by atoms with E-state index in [0.29, 0.717) is 13.0 Å². The van der Waals surface area contributed by atoms with Crippen LogP contribution in [0.25, 0.3) is 0 Å². The highest BCUT2D eigenvalue weighted by Crippen LogP contribution is 2.35. The molecule has 0 aliphatic heterocycles. The Morgan fingerprint density at radius 3 is 1.38 bits per heavy atom. The second-order valence-corrected chi connectivity index (χ2v) is 4.27. The molecule has 0 radical (unpaired) electrons. The fraction of sp³-hybridized carbons (Fsp3) is 0.778. The molecule has 0 rings (SSSR count). The van der Waals surface area contributed by atoms with Gasteiger partial charge in [0.15, 0.2) is 0 Å². The van der Waals surface area contributed by atoms with Crippen LogP contribution in [0.15, 0.2) is 12.2 Å². The van der Waals surface area contributed by atoms with Crippen molar-refractivity contribution in [2.75, 3.05) is 0 Å². The van der Waals surface area contributed by atoms with E-state index in [1.807, 2.05) is 0 Å². The van der Waals surface area contributed by atoms with Gasteiger partial charge in [0, 0.05) is 0 Å². The molecule has 0 N–H and O–H groups in total. The molecule has 0 aromatic carbocycles. The van der Waals surface area contributed by atoms with Gasteiger partial charge in [-0.1, -0.05) is 26.8 Å². The van der Waals surface area contributed by atoms with Crippen molar-refractivity contribution in [3.8, 4) is 0 Å². The van der Waals surface area contributed by atoms with Crippen LogP contribution in [0, 0.1) is 5.41 Å². The van der Waals surface area contributed by atoms with Gasteiger partial charge in [0.05, 0.1) is 0 Å². The van der Waals surface area contributed by atoms with Gasteiger partial charge < -0.3 is 0 Å². The molecule has 0 aliphatic rings. The molecule has 78 valence electrons. The van der Waals surface area contributed by atoms with E-state index in [-0.39, 0.29) is 0 Å². The highest BCUT2D eigenvalue weighted by atomic mass is 19.4. The van der Waals surface area contributed by atoms with E-state index in [1.165, 1.54) is 6.08 Å². The van der Waals surface area contributed by atoms with Crippen LogP contribution < -0.4 is 0 Å². The van der Waals surface area contributed by atoms with Gasteiger partial charge in [-0.3, -0.25) is 0 Å². The summed E-state index contributed by atoms with van der Waals surface area (Å²) in [4.78, 5) is 0. The van der Waals surface area contributed by atoms with Crippen molar-refractivity contribution in [1.82, 2.24) is 0 Å². The molecule has 0 amide bonds. The van der Waals surface area contributed by atoms with Crippen LogP contribution in [0.1, 0.15) is 27.7 Å². The van der Waals surface area contributed by atoms with Crippen molar-refractivity contribution in [1.29, 1.82) is 0 Å². The Labute approximate surface area is 75.6 Å². The fourth-order valence-electron chi connectivity index (χ4n) is 0.501. The molecule has 0 saturated heterocycles. The van der Waals surface area contributed by atoms with Crippen LogP contribution >= 0.6 is 0 Å². The largest absolute Gasteiger partial charge is 0.425 e. The van der Waals surface area contributed by atoms with Crippen molar-refractivity contribution in [2.45, 2.75) is 39.5 Å². The molecule has 0 aromatic rings. The van der Waals surface area contributed by atoms with Crippen LogP contribution in [0.4, 0.5) is 17.6 Å². The highest BCUT2D eigenvalue weighted by molar-refractivity contribution is 5.06. The van der Waals surface area contributed by atoms with Crippen molar-refractivity contribution in [3.63, 3.8) is 0 Å². The first-order chi connectivity index (χ1) is 5.46. The third-order valence-electron chi connectivity index (χ3n) is 1.45. The summed E-state index contributed by atoms with van der Waals surface area (Å²) in [5.74, 6) is 0. The van der Waals surface area contributed by atoms with Gasteiger partial charge in [-0.2, -0.15) is 13.2 Å². The zero-order valence-electron chi connectivity index (χ0n) is 8.17. The molecule has 0 fully saturated rings. The van der Waals surface area contributed by atoms with Crippen LogP contribution in [0.2, 0.25) is 0 Å². The van der Waals surface area contributed by atoms with Gasteiger partial charge in [-0.25, -0.2) is 4.39 Å². The van der Waals surface area contributed by atoms with Crippen LogP contribution in [-0.2, 0) is 0 Å². The van der Waals surface area contributed by atoms with Gasteiger partial charge in [-0.15, -0.1) is 0 Å². The summed E-state index contributed by atoms with van der Waals surface area (Å²) in [6.07, 6.45) is -3.05. The lowest BCUT2D eigenvalue weighted by Crippen LogP contribution is -2.35. The molecular weight excluding hydrogens is 184 g/mol. The minimum atomic E-state index is -4.84. The quantitative estimate of drug-likeness (QED) is 0.443. The SMILES string of the molecule is CC(C)(C)/C=C/C(C)(F)C(F)(F)F. The van der Waals surface area contributed by atoms with Crippen molar-refractivity contribution < 1.29 is 17.6 Å². The van der Waals surface area contributed by atoms with Gasteiger partial charge in [0.25, 0.3) is 0 Å². The van der Waals surface area contributed by atoms with E-state index >= 15 is 0 Å². The maximum absolute atomic E-state index is 12.9. The predicted molar refractivity (Wildman–Crippen MR) is 44.2 cm³/mol. The van der Waals surface area contributed by atoms with E-state index in [4.69, 9.17) is 0 Å². The first kappa shape index (κ1) is 12.5. The number of rotatable bonds is 1. The molecule has 0 heterocycles. The molecule has 1 atom stereocenters. The summed E-state index contributed by atoms with van der Waals surface area (Å²) in [5.41, 5.74) is -3.68. The lowest BCUT2D eigenvalue weighted by atomic mass is 9.93. The first-order valence-corrected chi connectivity index (χ1v) is 3.92. The normalized spacial score (nSPS) is 19.1. The average molecular weight is 198 g/mol. The van der Waals surface area contributed by atoms with E-state index in [9.17, 15) is 17.6 Å². The molecule has 13 heavy (non-hydrogen) atoms. The summed E-state index contributed by atoms with van der Waals surface area (Å²) in [7, 11) is 0. The Hall–Kier alpha value is -0.540. The van der Waals surface area contributed by atoms with E-state index < -0.39 is 17.3 Å². The van der Waals surface area contributed by atoms with Crippen molar-refractivity contribution >= 4 is 0 Å². The third kappa shape index (κ3) is 4.29. The first-order valence-electron chi connectivity index (χ1n) is 3.92. The summed E-state index contributed by atoms with van der Waals surface area (Å²) in [5, 5.41) is 0. The predicted octanol–water partition coefficient (Wildman–Crippen LogP) is 3.88. The van der Waals surface area contributed by atoms with E-state index in [2.05, 4.69) is 0 Å². The Balaban J connectivity index is 4.62.